The van der Waals surface area contributed by atoms with Gasteiger partial charge in [-0.3, -0.25) is 0 Å². The van der Waals surface area contributed by atoms with Crippen molar-refractivity contribution in [2.75, 3.05) is 6.54 Å². The first-order chi connectivity index (χ1) is 10.0. The first kappa shape index (κ1) is 14.2. The third kappa shape index (κ3) is 3.49. The fraction of sp³-hybridized carbons (Fsp3) is 0.375. The first-order valence-electron chi connectivity index (χ1n) is 7.08. The van der Waals surface area contributed by atoms with Gasteiger partial charge in [-0.2, -0.15) is 0 Å². The molecule has 0 radical (unpaired) electrons. The van der Waals surface area contributed by atoms with Crippen molar-refractivity contribution in [1.82, 2.24) is 15.5 Å². The van der Waals surface area contributed by atoms with Crippen LogP contribution in [-0.2, 0) is 6.42 Å². The summed E-state index contributed by atoms with van der Waals surface area (Å²) in [6.07, 6.45) is 0.745. The van der Waals surface area contributed by atoms with E-state index >= 15 is 0 Å². The van der Waals surface area contributed by atoms with E-state index in [0.717, 1.165) is 17.8 Å². The summed E-state index contributed by atoms with van der Waals surface area (Å²) in [5.41, 5.74) is 0.105. The van der Waals surface area contributed by atoms with E-state index in [0.29, 0.717) is 11.8 Å². The summed E-state index contributed by atoms with van der Waals surface area (Å²) in [6, 6.07) is 10.4. The Morgan fingerprint density at radius 3 is 2.76 bits per heavy atom. The number of rotatable bonds is 4. The van der Waals surface area contributed by atoms with Gasteiger partial charge in [0.05, 0.1) is 4.88 Å². The van der Waals surface area contributed by atoms with Gasteiger partial charge in [-0.15, -0.1) is 21.5 Å². The molecule has 3 rings (SSSR count). The van der Waals surface area contributed by atoms with E-state index in [1.54, 1.807) is 11.3 Å². The Bertz CT molecular complexity index is 706. The minimum absolute atomic E-state index is 0.105. The SMILES string of the molecule is CC(C)(C)NCCc1nnc(-c2cc3ccccc3s2)o1. The molecule has 0 aliphatic carbocycles. The molecule has 0 unspecified atom stereocenters. The normalized spacial score (nSPS) is 12.1. The van der Waals surface area contributed by atoms with Gasteiger partial charge in [-0.05, 0) is 38.3 Å². The lowest BCUT2D eigenvalue weighted by molar-refractivity contribution is 0.412. The number of nitrogens with one attached hydrogen (secondary N) is 1. The standard InChI is InChI=1S/C16H19N3OS/c1-16(2,3)17-9-8-14-18-19-15(20-14)13-10-11-6-4-5-7-12(11)21-13/h4-7,10,17H,8-9H2,1-3H3. The van der Waals surface area contributed by atoms with E-state index in [1.165, 1.54) is 10.1 Å². The average Bonchev–Trinajstić information content (AvgIpc) is 3.02. The number of thiophene rings is 1. The summed E-state index contributed by atoms with van der Waals surface area (Å²) in [7, 11) is 0. The van der Waals surface area contributed by atoms with Gasteiger partial charge in [0, 0.05) is 23.2 Å². The summed E-state index contributed by atoms with van der Waals surface area (Å²) < 4.78 is 7.00. The van der Waals surface area contributed by atoms with E-state index in [4.69, 9.17) is 4.42 Å². The highest BCUT2D eigenvalue weighted by atomic mass is 32.1. The van der Waals surface area contributed by atoms with Crippen LogP contribution in [0.3, 0.4) is 0 Å². The second-order valence-electron chi connectivity index (χ2n) is 6.08. The van der Waals surface area contributed by atoms with Gasteiger partial charge in [-0.1, -0.05) is 18.2 Å². The Hall–Kier alpha value is -1.72. The van der Waals surface area contributed by atoms with Gasteiger partial charge in [0.15, 0.2) is 0 Å². The summed E-state index contributed by atoms with van der Waals surface area (Å²) in [5, 5.41) is 12.9. The van der Waals surface area contributed by atoms with Gasteiger partial charge in [-0.25, -0.2) is 0 Å². The van der Waals surface area contributed by atoms with Crippen LogP contribution in [0.5, 0.6) is 0 Å². The fourth-order valence-electron chi connectivity index (χ4n) is 2.09. The molecule has 3 aromatic rings. The number of aromatic nitrogens is 2. The highest BCUT2D eigenvalue weighted by molar-refractivity contribution is 7.22. The van der Waals surface area contributed by atoms with Crippen LogP contribution in [-0.4, -0.2) is 22.3 Å². The largest absolute Gasteiger partial charge is 0.420 e. The summed E-state index contributed by atoms with van der Waals surface area (Å²) in [4.78, 5) is 1.03. The Morgan fingerprint density at radius 2 is 2.00 bits per heavy atom. The number of benzene rings is 1. The van der Waals surface area contributed by atoms with Crippen LogP contribution in [0.25, 0.3) is 20.9 Å². The van der Waals surface area contributed by atoms with Crippen molar-refractivity contribution >= 4 is 21.4 Å². The second-order valence-corrected chi connectivity index (χ2v) is 7.16. The molecule has 1 aromatic carbocycles. The van der Waals surface area contributed by atoms with Crippen molar-refractivity contribution in [2.45, 2.75) is 32.7 Å². The van der Waals surface area contributed by atoms with Crippen molar-refractivity contribution in [2.24, 2.45) is 0 Å². The fourth-order valence-corrected chi connectivity index (χ4v) is 3.07. The molecule has 4 nitrogen and oxygen atoms in total. The topological polar surface area (TPSA) is 51.0 Å². The Kier molecular flexibility index (Phi) is 3.78. The molecule has 21 heavy (non-hydrogen) atoms. The minimum atomic E-state index is 0.105. The molecule has 0 atom stereocenters. The number of hydrogen-bond donors (Lipinski definition) is 1. The molecule has 2 aromatic heterocycles. The first-order valence-corrected chi connectivity index (χ1v) is 7.89. The Morgan fingerprint density at radius 1 is 1.19 bits per heavy atom. The number of fused-ring (bicyclic) bond motifs is 1. The zero-order valence-electron chi connectivity index (χ0n) is 12.5. The van der Waals surface area contributed by atoms with Crippen molar-refractivity contribution < 1.29 is 4.42 Å². The van der Waals surface area contributed by atoms with Crippen LogP contribution in [0.1, 0.15) is 26.7 Å². The number of hydrogen-bond acceptors (Lipinski definition) is 5. The molecule has 2 heterocycles. The molecule has 0 saturated carbocycles. The molecule has 1 N–H and O–H groups in total. The summed E-state index contributed by atoms with van der Waals surface area (Å²) in [5.74, 6) is 1.29. The van der Waals surface area contributed by atoms with Crippen LogP contribution in [0.2, 0.25) is 0 Å². The van der Waals surface area contributed by atoms with Gasteiger partial charge in [0.25, 0.3) is 5.89 Å². The van der Waals surface area contributed by atoms with E-state index in [1.807, 2.05) is 12.1 Å². The second kappa shape index (κ2) is 5.58. The van der Waals surface area contributed by atoms with Gasteiger partial charge in [0.2, 0.25) is 5.89 Å². The van der Waals surface area contributed by atoms with E-state index < -0.39 is 0 Å². The minimum Gasteiger partial charge on any atom is -0.420 e. The molecule has 0 aliphatic heterocycles. The number of nitrogens with zero attached hydrogens (tertiary/aromatic N) is 2. The van der Waals surface area contributed by atoms with Gasteiger partial charge in [0.1, 0.15) is 0 Å². The molecular formula is C16H19N3OS. The van der Waals surface area contributed by atoms with Gasteiger partial charge < -0.3 is 9.73 Å². The van der Waals surface area contributed by atoms with Crippen LogP contribution < -0.4 is 5.32 Å². The Balaban J connectivity index is 1.72. The van der Waals surface area contributed by atoms with Crippen molar-refractivity contribution in [3.8, 4) is 10.8 Å². The van der Waals surface area contributed by atoms with E-state index in [9.17, 15) is 0 Å². The van der Waals surface area contributed by atoms with E-state index in [2.05, 4.69) is 54.5 Å². The highest BCUT2D eigenvalue weighted by Crippen LogP contribution is 2.32. The smallest absolute Gasteiger partial charge is 0.257 e. The zero-order chi connectivity index (χ0) is 14.9. The predicted octanol–water partition coefficient (Wildman–Crippen LogP) is 3.88. The lowest BCUT2D eigenvalue weighted by atomic mass is 10.1. The van der Waals surface area contributed by atoms with Crippen molar-refractivity contribution in [3.63, 3.8) is 0 Å². The maximum Gasteiger partial charge on any atom is 0.257 e. The van der Waals surface area contributed by atoms with Crippen molar-refractivity contribution in [3.05, 3.63) is 36.2 Å². The molecule has 0 bridgehead atoms. The van der Waals surface area contributed by atoms with Crippen molar-refractivity contribution in [1.29, 1.82) is 0 Å². The maximum atomic E-state index is 5.76. The molecular weight excluding hydrogens is 282 g/mol. The van der Waals surface area contributed by atoms with Crippen LogP contribution in [0, 0.1) is 0 Å². The highest BCUT2D eigenvalue weighted by Gasteiger charge is 2.13. The molecule has 0 spiro atoms. The molecule has 0 saturated heterocycles. The summed E-state index contributed by atoms with van der Waals surface area (Å²) >= 11 is 1.68. The van der Waals surface area contributed by atoms with Crippen LogP contribution in [0.15, 0.2) is 34.7 Å². The summed E-state index contributed by atoms with van der Waals surface area (Å²) in [6.45, 7) is 7.26. The maximum absolute atomic E-state index is 5.76. The third-order valence-corrected chi connectivity index (χ3v) is 4.20. The quantitative estimate of drug-likeness (QED) is 0.794. The average molecular weight is 301 g/mol. The molecule has 0 aliphatic rings. The predicted molar refractivity (Wildman–Crippen MR) is 86.6 cm³/mol. The third-order valence-electron chi connectivity index (χ3n) is 3.10. The van der Waals surface area contributed by atoms with Crippen LogP contribution >= 0.6 is 11.3 Å². The Labute approximate surface area is 128 Å². The lowest BCUT2D eigenvalue weighted by Gasteiger charge is -2.19. The monoisotopic (exact) mass is 301 g/mol. The van der Waals surface area contributed by atoms with E-state index in [-0.39, 0.29) is 5.54 Å². The molecule has 110 valence electrons. The molecule has 0 fully saturated rings. The molecule has 0 amide bonds. The van der Waals surface area contributed by atoms with Gasteiger partial charge >= 0.3 is 0 Å². The molecule has 5 heteroatoms. The zero-order valence-corrected chi connectivity index (χ0v) is 13.3. The lowest BCUT2D eigenvalue weighted by Crippen LogP contribution is -2.37. The van der Waals surface area contributed by atoms with Crippen LogP contribution in [0.4, 0.5) is 0 Å².